The van der Waals surface area contributed by atoms with Crippen LogP contribution in [0.4, 0.5) is 0 Å². The summed E-state index contributed by atoms with van der Waals surface area (Å²) in [4.78, 5) is 12.1. The minimum Gasteiger partial charge on any atom is -0.394 e. The summed E-state index contributed by atoms with van der Waals surface area (Å²) in [5, 5.41) is 12.4. The van der Waals surface area contributed by atoms with Crippen LogP contribution in [0.1, 0.15) is 65.2 Å². The highest BCUT2D eigenvalue weighted by Crippen LogP contribution is 2.29. The molecule has 0 bridgehead atoms. The van der Waals surface area contributed by atoms with E-state index in [-0.39, 0.29) is 18.1 Å². The highest BCUT2D eigenvalue weighted by atomic mass is 16.3. The summed E-state index contributed by atoms with van der Waals surface area (Å²) in [5.41, 5.74) is 5.48. The predicted octanol–water partition coefficient (Wildman–Crippen LogP) is 1.71. The van der Waals surface area contributed by atoms with Crippen molar-refractivity contribution < 1.29 is 9.90 Å². The molecule has 0 aromatic carbocycles. The summed E-state index contributed by atoms with van der Waals surface area (Å²) >= 11 is 0. The van der Waals surface area contributed by atoms with E-state index in [9.17, 15) is 9.90 Å². The van der Waals surface area contributed by atoms with Gasteiger partial charge >= 0.3 is 0 Å². The summed E-state index contributed by atoms with van der Waals surface area (Å²) in [7, 11) is 0. The molecular formula is C14H28N2O2. The first kappa shape index (κ1) is 15.4. The number of rotatable bonds is 6. The van der Waals surface area contributed by atoms with E-state index in [1.165, 1.54) is 6.42 Å². The monoisotopic (exact) mass is 256 g/mol. The van der Waals surface area contributed by atoms with E-state index in [2.05, 4.69) is 5.32 Å². The maximum atomic E-state index is 12.1. The van der Waals surface area contributed by atoms with Crippen LogP contribution in [0.2, 0.25) is 0 Å². The van der Waals surface area contributed by atoms with E-state index < -0.39 is 5.54 Å². The molecule has 0 aromatic heterocycles. The van der Waals surface area contributed by atoms with Gasteiger partial charge in [0.05, 0.1) is 12.1 Å². The molecule has 1 fully saturated rings. The van der Waals surface area contributed by atoms with Crippen LogP contribution < -0.4 is 11.1 Å². The van der Waals surface area contributed by atoms with Gasteiger partial charge in [0.25, 0.3) is 0 Å². The van der Waals surface area contributed by atoms with E-state index in [0.717, 1.165) is 38.5 Å². The van der Waals surface area contributed by atoms with Crippen molar-refractivity contribution in [3.63, 3.8) is 0 Å². The Morgan fingerprint density at radius 1 is 1.28 bits per heavy atom. The van der Waals surface area contributed by atoms with Crippen LogP contribution in [0.25, 0.3) is 0 Å². The molecule has 18 heavy (non-hydrogen) atoms. The van der Waals surface area contributed by atoms with Crippen molar-refractivity contribution in [3.05, 3.63) is 0 Å². The number of hydrogen-bond acceptors (Lipinski definition) is 3. The fourth-order valence-corrected chi connectivity index (χ4v) is 2.78. The van der Waals surface area contributed by atoms with Crippen molar-refractivity contribution in [3.8, 4) is 0 Å². The van der Waals surface area contributed by atoms with Crippen molar-refractivity contribution in [1.82, 2.24) is 5.32 Å². The molecule has 4 N–H and O–H groups in total. The third kappa shape index (κ3) is 3.95. The molecule has 1 rings (SSSR count). The van der Waals surface area contributed by atoms with E-state index in [1.54, 1.807) is 0 Å². The van der Waals surface area contributed by atoms with Gasteiger partial charge in [-0.2, -0.15) is 0 Å². The number of carbonyl (C=O) groups excluding carboxylic acids is 1. The molecule has 0 heterocycles. The topological polar surface area (TPSA) is 75.3 Å². The molecule has 0 aliphatic heterocycles. The van der Waals surface area contributed by atoms with Crippen LogP contribution in [0.5, 0.6) is 0 Å². The lowest BCUT2D eigenvalue weighted by molar-refractivity contribution is -0.125. The first-order valence-corrected chi connectivity index (χ1v) is 7.20. The number of aliphatic hydroxyl groups is 1. The van der Waals surface area contributed by atoms with Gasteiger partial charge in [0.1, 0.15) is 0 Å². The molecule has 0 saturated heterocycles. The standard InChI is InChI=1S/C14H28N2O2/c1-3-14(4-2,11-17)16-12(18)10-13(15)8-6-5-7-9-13/h17H,3-11,15H2,1-2H3,(H,16,18). The Kier molecular flexibility index (Phi) is 5.60. The maximum Gasteiger partial charge on any atom is 0.222 e. The molecule has 4 nitrogen and oxygen atoms in total. The highest BCUT2D eigenvalue weighted by Gasteiger charge is 2.33. The second-order valence-electron chi connectivity index (χ2n) is 5.79. The van der Waals surface area contributed by atoms with Gasteiger partial charge in [0, 0.05) is 12.0 Å². The number of aliphatic hydroxyl groups excluding tert-OH is 1. The fraction of sp³-hybridized carbons (Fsp3) is 0.929. The quantitative estimate of drug-likeness (QED) is 0.677. The molecule has 0 radical (unpaired) electrons. The Morgan fingerprint density at radius 2 is 1.83 bits per heavy atom. The Balaban J connectivity index is 2.54. The van der Waals surface area contributed by atoms with Crippen LogP contribution in [0, 0.1) is 0 Å². The Bertz CT molecular complexity index is 261. The van der Waals surface area contributed by atoms with Gasteiger partial charge in [0.15, 0.2) is 0 Å². The van der Waals surface area contributed by atoms with E-state index in [4.69, 9.17) is 5.73 Å². The summed E-state index contributed by atoms with van der Waals surface area (Å²) in [6, 6.07) is 0. The molecular weight excluding hydrogens is 228 g/mol. The molecule has 106 valence electrons. The molecule has 0 atom stereocenters. The lowest BCUT2D eigenvalue weighted by atomic mass is 9.79. The SMILES string of the molecule is CCC(CC)(CO)NC(=O)CC1(N)CCCCC1. The molecule has 4 heteroatoms. The Labute approximate surface area is 110 Å². The van der Waals surface area contributed by atoms with Crippen molar-refractivity contribution >= 4 is 5.91 Å². The van der Waals surface area contributed by atoms with Gasteiger partial charge < -0.3 is 16.2 Å². The third-order valence-electron chi connectivity index (χ3n) is 4.42. The Morgan fingerprint density at radius 3 is 2.28 bits per heavy atom. The van der Waals surface area contributed by atoms with E-state index >= 15 is 0 Å². The minimum absolute atomic E-state index is 0.0106. The van der Waals surface area contributed by atoms with Crippen molar-refractivity contribution in [1.29, 1.82) is 0 Å². The molecule has 0 spiro atoms. The Hall–Kier alpha value is -0.610. The zero-order valence-electron chi connectivity index (χ0n) is 11.8. The minimum atomic E-state index is -0.470. The summed E-state index contributed by atoms with van der Waals surface area (Å²) in [6.07, 6.45) is 7.20. The number of nitrogens with two attached hydrogens (primary N) is 1. The molecule has 1 saturated carbocycles. The number of nitrogens with one attached hydrogen (secondary N) is 1. The zero-order chi connectivity index (χ0) is 13.6. The van der Waals surface area contributed by atoms with Crippen molar-refractivity contribution in [2.24, 2.45) is 5.73 Å². The molecule has 1 aliphatic rings. The van der Waals surface area contributed by atoms with Crippen LogP contribution in [0.3, 0.4) is 0 Å². The van der Waals surface area contributed by atoms with Crippen molar-refractivity contribution in [2.45, 2.75) is 76.3 Å². The van der Waals surface area contributed by atoms with Crippen LogP contribution in [0.15, 0.2) is 0 Å². The average molecular weight is 256 g/mol. The van der Waals surface area contributed by atoms with Gasteiger partial charge in [-0.3, -0.25) is 4.79 Å². The largest absolute Gasteiger partial charge is 0.394 e. The van der Waals surface area contributed by atoms with E-state index in [0.29, 0.717) is 6.42 Å². The summed E-state index contributed by atoms with van der Waals surface area (Å²) in [5.74, 6) is -0.0165. The van der Waals surface area contributed by atoms with Crippen LogP contribution >= 0.6 is 0 Å². The lowest BCUT2D eigenvalue weighted by Crippen LogP contribution is -2.54. The maximum absolute atomic E-state index is 12.1. The fourth-order valence-electron chi connectivity index (χ4n) is 2.78. The second kappa shape index (κ2) is 6.53. The van der Waals surface area contributed by atoms with Gasteiger partial charge in [-0.25, -0.2) is 0 Å². The number of amides is 1. The smallest absolute Gasteiger partial charge is 0.222 e. The normalized spacial score (nSPS) is 19.6. The van der Waals surface area contributed by atoms with Crippen LogP contribution in [-0.4, -0.2) is 28.7 Å². The third-order valence-corrected chi connectivity index (χ3v) is 4.42. The number of carbonyl (C=O) groups is 1. The summed E-state index contributed by atoms with van der Waals surface area (Å²) < 4.78 is 0. The first-order chi connectivity index (χ1) is 8.49. The molecule has 0 aromatic rings. The van der Waals surface area contributed by atoms with Gasteiger partial charge in [-0.15, -0.1) is 0 Å². The van der Waals surface area contributed by atoms with Crippen LogP contribution in [-0.2, 0) is 4.79 Å². The van der Waals surface area contributed by atoms with Crippen molar-refractivity contribution in [2.75, 3.05) is 6.61 Å². The highest BCUT2D eigenvalue weighted by molar-refractivity contribution is 5.78. The zero-order valence-corrected chi connectivity index (χ0v) is 11.8. The summed E-state index contributed by atoms with van der Waals surface area (Å²) in [6.45, 7) is 3.96. The molecule has 1 amide bonds. The molecule has 0 unspecified atom stereocenters. The first-order valence-electron chi connectivity index (χ1n) is 7.20. The molecule has 1 aliphatic carbocycles. The average Bonchev–Trinajstić information content (AvgIpc) is 2.36. The number of hydrogen-bond donors (Lipinski definition) is 3. The second-order valence-corrected chi connectivity index (χ2v) is 5.79. The van der Waals surface area contributed by atoms with Gasteiger partial charge in [-0.05, 0) is 25.7 Å². The van der Waals surface area contributed by atoms with Gasteiger partial charge in [0.2, 0.25) is 5.91 Å². The van der Waals surface area contributed by atoms with Gasteiger partial charge in [-0.1, -0.05) is 33.1 Å². The van der Waals surface area contributed by atoms with E-state index in [1.807, 2.05) is 13.8 Å². The predicted molar refractivity (Wildman–Crippen MR) is 73.2 cm³/mol. The lowest BCUT2D eigenvalue weighted by Gasteiger charge is -2.36.